The van der Waals surface area contributed by atoms with Crippen LogP contribution in [0.3, 0.4) is 0 Å². The standard InChI is InChI=1S/C18H28N4O4S/c1-12-8-13-9-14(27(19,25)26)6-7-15(13)22(12)11-17(24)21(5)10-16(23)20-18(2,3)4/h6-7,9,12H,8,10-11H2,1-5H3,(H,20,23)(H2,19,25,26)/t12-/m0/s1. The molecular formula is C18H28N4O4S. The van der Waals surface area contributed by atoms with Crippen LogP contribution in [0.4, 0.5) is 5.69 Å². The Bertz CT molecular complexity index is 845. The fourth-order valence-corrected chi connectivity index (χ4v) is 3.68. The zero-order chi connectivity index (χ0) is 20.6. The lowest BCUT2D eigenvalue weighted by atomic mass is 10.1. The first-order chi connectivity index (χ1) is 12.3. The summed E-state index contributed by atoms with van der Waals surface area (Å²) in [6, 6.07) is 4.73. The number of amides is 2. The van der Waals surface area contributed by atoms with E-state index in [1.807, 2.05) is 32.6 Å². The van der Waals surface area contributed by atoms with Gasteiger partial charge in [0.15, 0.2) is 0 Å². The van der Waals surface area contributed by atoms with Gasteiger partial charge in [-0.2, -0.15) is 0 Å². The van der Waals surface area contributed by atoms with Crippen molar-refractivity contribution in [2.24, 2.45) is 5.14 Å². The number of anilines is 1. The van der Waals surface area contributed by atoms with E-state index in [0.717, 1.165) is 11.3 Å². The summed E-state index contributed by atoms with van der Waals surface area (Å²) in [6.45, 7) is 7.70. The summed E-state index contributed by atoms with van der Waals surface area (Å²) in [7, 11) is -2.17. The Hall–Kier alpha value is -2.13. The third kappa shape index (κ3) is 5.43. The molecule has 1 heterocycles. The van der Waals surface area contributed by atoms with Crippen LogP contribution >= 0.6 is 0 Å². The van der Waals surface area contributed by atoms with E-state index < -0.39 is 10.0 Å². The van der Waals surface area contributed by atoms with Crippen LogP contribution in [0.15, 0.2) is 23.1 Å². The van der Waals surface area contributed by atoms with Crippen molar-refractivity contribution < 1.29 is 18.0 Å². The number of benzene rings is 1. The van der Waals surface area contributed by atoms with Crippen LogP contribution in [0.1, 0.15) is 33.3 Å². The number of rotatable bonds is 5. The van der Waals surface area contributed by atoms with Gasteiger partial charge in [-0.15, -0.1) is 0 Å². The van der Waals surface area contributed by atoms with Gasteiger partial charge in [0.05, 0.1) is 18.0 Å². The Morgan fingerprint density at radius 3 is 2.52 bits per heavy atom. The number of sulfonamides is 1. The molecule has 2 amide bonds. The second-order valence-electron chi connectivity index (χ2n) is 8.06. The first-order valence-electron chi connectivity index (χ1n) is 8.75. The minimum atomic E-state index is -3.76. The molecule has 0 saturated carbocycles. The van der Waals surface area contributed by atoms with Crippen molar-refractivity contribution in [1.82, 2.24) is 10.2 Å². The second-order valence-corrected chi connectivity index (χ2v) is 9.63. The molecule has 27 heavy (non-hydrogen) atoms. The van der Waals surface area contributed by atoms with Gasteiger partial charge in [0.1, 0.15) is 0 Å². The summed E-state index contributed by atoms with van der Waals surface area (Å²) in [4.78, 5) is 28.0. The van der Waals surface area contributed by atoms with Crippen LogP contribution in [-0.2, 0) is 26.0 Å². The molecule has 150 valence electrons. The predicted octanol–water partition coefficient (Wildman–Crippen LogP) is 0.458. The van der Waals surface area contributed by atoms with Gasteiger partial charge < -0.3 is 15.1 Å². The molecule has 0 spiro atoms. The molecule has 1 aliphatic heterocycles. The lowest BCUT2D eigenvalue weighted by Crippen LogP contribution is -2.48. The van der Waals surface area contributed by atoms with Crippen LogP contribution < -0.4 is 15.4 Å². The Balaban J connectivity index is 2.08. The number of nitrogens with zero attached hydrogens (tertiary/aromatic N) is 2. The Morgan fingerprint density at radius 1 is 1.33 bits per heavy atom. The van der Waals surface area contributed by atoms with E-state index in [1.165, 1.54) is 11.0 Å². The first kappa shape index (κ1) is 21.2. The fraction of sp³-hybridized carbons (Fsp3) is 0.556. The van der Waals surface area contributed by atoms with Crippen molar-refractivity contribution in [2.75, 3.05) is 25.0 Å². The van der Waals surface area contributed by atoms with Gasteiger partial charge in [0, 0.05) is 24.3 Å². The zero-order valence-corrected chi connectivity index (χ0v) is 17.3. The molecule has 0 unspecified atom stereocenters. The van der Waals surface area contributed by atoms with E-state index in [1.54, 1.807) is 19.2 Å². The number of fused-ring (bicyclic) bond motifs is 1. The monoisotopic (exact) mass is 396 g/mol. The van der Waals surface area contributed by atoms with Crippen LogP contribution in [-0.4, -0.2) is 56.9 Å². The molecule has 0 aliphatic carbocycles. The first-order valence-corrected chi connectivity index (χ1v) is 10.3. The lowest BCUT2D eigenvalue weighted by Gasteiger charge is -2.28. The highest BCUT2D eigenvalue weighted by Crippen LogP contribution is 2.33. The fourth-order valence-electron chi connectivity index (χ4n) is 3.12. The Kier molecular flexibility index (Phi) is 5.86. The van der Waals surface area contributed by atoms with E-state index in [2.05, 4.69) is 5.32 Å². The average Bonchev–Trinajstić information content (AvgIpc) is 2.79. The largest absolute Gasteiger partial charge is 0.359 e. The second kappa shape index (κ2) is 7.47. The molecule has 9 heteroatoms. The summed E-state index contributed by atoms with van der Waals surface area (Å²) < 4.78 is 23.1. The topological polar surface area (TPSA) is 113 Å². The minimum absolute atomic E-state index is 0.0183. The summed E-state index contributed by atoms with van der Waals surface area (Å²) in [6.07, 6.45) is 0.625. The highest BCUT2D eigenvalue weighted by Gasteiger charge is 2.30. The van der Waals surface area contributed by atoms with Crippen molar-refractivity contribution in [1.29, 1.82) is 0 Å². The van der Waals surface area contributed by atoms with Gasteiger partial charge >= 0.3 is 0 Å². The quantitative estimate of drug-likeness (QED) is 0.751. The molecule has 0 fully saturated rings. The number of hydrogen-bond acceptors (Lipinski definition) is 5. The number of primary sulfonamides is 1. The molecule has 0 saturated heterocycles. The van der Waals surface area contributed by atoms with E-state index in [0.29, 0.717) is 6.42 Å². The van der Waals surface area contributed by atoms with E-state index >= 15 is 0 Å². The van der Waals surface area contributed by atoms with E-state index in [4.69, 9.17) is 5.14 Å². The number of carbonyl (C=O) groups excluding carboxylic acids is 2. The number of carbonyl (C=O) groups is 2. The van der Waals surface area contributed by atoms with Crippen molar-refractivity contribution in [2.45, 2.75) is 50.6 Å². The molecule has 1 atom stereocenters. The SMILES string of the molecule is C[C@H]1Cc2cc(S(N)(=O)=O)ccc2N1CC(=O)N(C)CC(=O)NC(C)(C)C. The molecule has 2 rings (SSSR count). The van der Waals surface area contributed by atoms with Crippen LogP contribution in [0, 0.1) is 0 Å². The van der Waals surface area contributed by atoms with Gasteiger partial charge in [0.25, 0.3) is 0 Å². The smallest absolute Gasteiger partial charge is 0.242 e. The molecule has 1 aromatic rings. The predicted molar refractivity (Wildman–Crippen MR) is 104 cm³/mol. The van der Waals surface area contributed by atoms with Crippen molar-refractivity contribution in [3.63, 3.8) is 0 Å². The maximum Gasteiger partial charge on any atom is 0.242 e. The van der Waals surface area contributed by atoms with Gasteiger partial charge in [-0.1, -0.05) is 0 Å². The third-order valence-electron chi connectivity index (χ3n) is 4.36. The molecule has 1 aliphatic rings. The summed E-state index contributed by atoms with van der Waals surface area (Å²) in [5.41, 5.74) is 1.30. The van der Waals surface area contributed by atoms with Gasteiger partial charge in [-0.3, -0.25) is 9.59 Å². The highest BCUT2D eigenvalue weighted by atomic mass is 32.2. The number of nitrogens with one attached hydrogen (secondary N) is 1. The van der Waals surface area contributed by atoms with Crippen LogP contribution in [0.2, 0.25) is 0 Å². The number of hydrogen-bond donors (Lipinski definition) is 2. The summed E-state index contributed by atoms with van der Waals surface area (Å²) in [5, 5.41) is 8.02. The molecule has 0 bridgehead atoms. The molecule has 8 nitrogen and oxygen atoms in total. The zero-order valence-electron chi connectivity index (χ0n) is 16.4. The summed E-state index contributed by atoms with van der Waals surface area (Å²) >= 11 is 0. The Morgan fingerprint density at radius 2 is 1.96 bits per heavy atom. The van der Waals surface area contributed by atoms with Crippen molar-refractivity contribution in [3.8, 4) is 0 Å². The maximum absolute atomic E-state index is 12.6. The lowest BCUT2D eigenvalue weighted by molar-refractivity contribution is -0.134. The van der Waals surface area contributed by atoms with E-state index in [9.17, 15) is 18.0 Å². The van der Waals surface area contributed by atoms with Crippen LogP contribution in [0.5, 0.6) is 0 Å². The number of likely N-dealkylation sites (N-methyl/N-ethyl adjacent to an activating group) is 1. The highest BCUT2D eigenvalue weighted by molar-refractivity contribution is 7.89. The molecule has 0 radical (unpaired) electrons. The van der Waals surface area contributed by atoms with Crippen molar-refractivity contribution in [3.05, 3.63) is 23.8 Å². The van der Waals surface area contributed by atoms with Gasteiger partial charge in [0.2, 0.25) is 21.8 Å². The average molecular weight is 397 g/mol. The molecule has 3 N–H and O–H groups in total. The van der Waals surface area contributed by atoms with Gasteiger partial charge in [-0.25, -0.2) is 13.6 Å². The van der Waals surface area contributed by atoms with Crippen LogP contribution in [0.25, 0.3) is 0 Å². The Labute approximate surface area is 160 Å². The molecular weight excluding hydrogens is 368 g/mol. The molecule has 0 aromatic heterocycles. The third-order valence-corrected chi connectivity index (χ3v) is 5.27. The van der Waals surface area contributed by atoms with Gasteiger partial charge in [-0.05, 0) is 57.9 Å². The van der Waals surface area contributed by atoms with E-state index in [-0.39, 0.29) is 41.4 Å². The van der Waals surface area contributed by atoms with Crippen molar-refractivity contribution >= 4 is 27.5 Å². The minimum Gasteiger partial charge on any atom is -0.359 e. The normalized spacial score (nSPS) is 16.8. The summed E-state index contributed by atoms with van der Waals surface area (Å²) in [5.74, 6) is -0.403. The maximum atomic E-state index is 12.6. The molecule has 1 aromatic carbocycles. The number of nitrogens with two attached hydrogens (primary N) is 1.